The molecule has 2 aliphatic carbocycles. The van der Waals surface area contributed by atoms with Crippen LogP contribution in [0.5, 0.6) is 0 Å². The highest BCUT2D eigenvalue weighted by Gasteiger charge is 2.47. The Balaban J connectivity index is 0.000000672. The Bertz CT molecular complexity index is 1120. The van der Waals surface area contributed by atoms with Crippen LogP contribution in [0.15, 0.2) is 53.0 Å². The molecule has 42 heavy (non-hydrogen) atoms. The summed E-state index contributed by atoms with van der Waals surface area (Å²) in [4.78, 5) is 10.9. The Hall–Kier alpha value is -1.82. The number of hydrogen-bond acceptors (Lipinski definition) is 3. The second-order valence-corrected chi connectivity index (χ2v) is 16.2. The minimum Gasteiger partial charge on any atom is -0.295 e. The zero-order valence-corrected chi connectivity index (χ0v) is 29.5. The lowest BCUT2D eigenvalue weighted by Crippen LogP contribution is -2.45. The SMILES string of the molecule is C=C(/C=C(\C)C(C)(C)C)C(C)=O.CC.CC1CC(C(C)(C)S(=O)(=O)c2cccc(C(C)(F)F)c2)C1.CC1CCCCC1. The third kappa shape index (κ3) is 12.4. The molecule has 242 valence electrons. The van der Waals surface area contributed by atoms with Gasteiger partial charge in [0.25, 0.3) is 5.92 Å². The maximum atomic E-state index is 13.4. The number of rotatable bonds is 6. The molecule has 0 radical (unpaired) electrons. The van der Waals surface area contributed by atoms with E-state index >= 15 is 0 Å². The molecule has 3 nitrogen and oxygen atoms in total. The van der Waals surface area contributed by atoms with E-state index in [9.17, 15) is 22.0 Å². The molecule has 0 aliphatic heterocycles. The van der Waals surface area contributed by atoms with Crippen molar-refractivity contribution in [3.63, 3.8) is 0 Å². The molecule has 1 aromatic rings. The van der Waals surface area contributed by atoms with Gasteiger partial charge in [0.15, 0.2) is 15.6 Å². The predicted molar refractivity (Wildman–Crippen MR) is 176 cm³/mol. The van der Waals surface area contributed by atoms with Gasteiger partial charge in [0.05, 0.1) is 9.64 Å². The summed E-state index contributed by atoms with van der Waals surface area (Å²) in [7, 11) is -3.64. The lowest BCUT2D eigenvalue weighted by atomic mass is 9.70. The smallest absolute Gasteiger partial charge is 0.270 e. The lowest BCUT2D eigenvalue weighted by molar-refractivity contribution is -0.113. The van der Waals surface area contributed by atoms with E-state index in [4.69, 9.17) is 0 Å². The summed E-state index contributed by atoms with van der Waals surface area (Å²) in [6.45, 7) is 26.2. The van der Waals surface area contributed by atoms with Gasteiger partial charge >= 0.3 is 0 Å². The monoisotopic (exact) mass is 610 g/mol. The number of Topliss-reactive ketones (excluding diaryl/α,β-unsaturated/α-hetero) is 1. The van der Waals surface area contributed by atoms with Gasteiger partial charge < -0.3 is 0 Å². The van der Waals surface area contributed by atoms with Crippen LogP contribution in [0.3, 0.4) is 0 Å². The maximum Gasteiger partial charge on any atom is 0.270 e. The molecule has 6 heteroatoms. The number of hydrogen-bond donors (Lipinski definition) is 0. The zero-order chi connectivity index (χ0) is 33.1. The molecule has 0 spiro atoms. The Morgan fingerprint density at radius 2 is 1.40 bits per heavy atom. The quantitative estimate of drug-likeness (QED) is 0.238. The van der Waals surface area contributed by atoms with E-state index < -0.39 is 20.5 Å². The van der Waals surface area contributed by atoms with Crippen LogP contribution < -0.4 is 0 Å². The third-order valence-electron chi connectivity index (χ3n) is 8.62. The molecule has 0 saturated heterocycles. The summed E-state index contributed by atoms with van der Waals surface area (Å²) in [6.07, 6.45) is 11.0. The Morgan fingerprint density at radius 1 is 0.905 bits per heavy atom. The Kier molecular flexibility index (Phi) is 16.1. The van der Waals surface area contributed by atoms with Crippen molar-refractivity contribution in [2.75, 3.05) is 0 Å². The van der Waals surface area contributed by atoms with E-state index in [0.29, 0.717) is 11.5 Å². The number of carbonyl (C=O) groups is 1. The second-order valence-electron chi connectivity index (χ2n) is 13.7. The van der Waals surface area contributed by atoms with Gasteiger partial charge in [0.2, 0.25) is 0 Å². The highest BCUT2D eigenvalue weighted by molar-refractivity contribution is 7.92. The minimum atomic E-state index is -3.64. The van der Waals surface area contributed by atoms with Gasteiger partial charge in [-0.1, -0.05) is 111 Å². The average Bonchev–Trinajstić information content (AvgIpc) is 2.88. The highest BCUT2D eigenvalue weighted by atomic mass is 32.2. The van der Waals surface area contributed by atoms with Crippen molar-refractivity contribution in [2.45, 2.75) is 144 Å². The van der Waals surface area contributed by atoms with Crippen LogP contribution in [0.2, 0.25) is 0 Å². The topological polar surface area (TPSA) is 51.2 Å². The summed E-state index contributed by atoms with van der Waals surface area (Å²) < 4.78 is 51.6. The second kappa shape index (κ2) is 16.9. The van der Waals surface area contributed by atoms with Crippen molar-refractivity contribution in [3.8, 4) is 0 Å². The summed E-state index contributed by atoms with van der Waals surface area (Å²) >= 11 is 0. The van der Waals surface area contributed by atoms with Crippen LogP contribution in [-0.4, -0.2) is 18.9 Å². The van der Waals surface area contributed by atoms with Crippen molar-refractivity contribution in [2.24, 2.45) is 23.2 Å². The number of benzene rings is 1. The van der Waals surface area contributed by atoms with Gasteiger partial charge in [-0.25, -0.2) is 17.2 Å². The summed E-state index contributed by atoms with van der Waals surface area (Å²) in [5.41, 5.74) is 1.63. The largest absolute Gasteiger partial charge is 0.295 e. The predicted octanol–water partition coefficient (Wildman–Crippen LogP) is 11.1. The van der Waals surface area contributed by atoms with Crippen LogP contribution in [0.1, 0.15) is 134 Å². The maximum absolute atomic E-state index is 13.4. The van der Waals surface area contributed by atoms with E-state index in [-0.39, 0.29) is 27.6 Å². The zero-order valence-electron chi connectivity index (χ0n) is 28.7. The molecule has 3 rings (SSSR count). The first-order valence-corrected chi connectivity index (χ1v) is 17.2. The molecule has 1 aromatic carbocycles. The van der Waals surface area contributed by atoms with Crippen molar-refractivity contribution in [1.82, 2.24) is 0 Å². The lowest BCUT2D eigenvalue weighted by Gasteiger charge is -2.43. The standard InChI is InChI=1S/C16H22F2O2S.C11H18O.C7H14.C2H6/c1-11-8-13(9-11)15(2,3)21(19,20)14-7-5-6-12(10-14)16(4,17)18;1-8(10(3)12)7-9(2)11(4,5)6;1-7-5-3-2-4-6-7;1-2/h5-7,10-11,13H,8-9H2,1-4H3;7H,1H2,2-6H3;7H,2-6H2,1H3;1-2H3/b;9-7+;;. The van der Waals surface area contributed by atoms with E-state index in [0.717, 1.165) is 31.7 Å². The average molecular weight is 611 g/mol. The third-order valence-corrected chi connectivity index (χ3v) is 11.2. The van der Waals surface area contributed by atoms with E-state index in [1.165, 1.54) is 62.8 Å². The van der Waals surface area contributed by atoms with Gasteiger partial charge in [-0.2, -0.15) is 0 Å². The first-order valence-electron chi connectivity index (χ1n) is 15.7. The number of carbonyl (C=O) groups excluding carboxylic acids is 1. The first kappa shape index (κ1) is 40.2. The van der Waals surface area contributed by atoms with Gasteiger partial charge in [-0.3, -0.25) is 4.79 Å². The summed E-state index contributed by atoms with van der Waals surface area (Å²) in [5, 5.41) is 0. The number of allylic oxidation sites excluding steroid dienone is 3. The van der Waals surface area contributed by atoms with Crippen molar-refractivity contribution in [1.29, 1.82) is 0 Å². The Labute approximate surface area is 257 Å². The molecule has 2 fully saturated rings. The molecule has 2 aliphatic rings. The Morgan fingerprint density at radius 3 is 1.76 bits per heavy atom. The van der Waals surface area contributed by atoms with E-state index in [1.807, 2.05) is 26.8 Å². The molecule has 0 bridgehead atoms. The van der Waals surface area contributed by atoms with Gasteiger partial charge in [-0.05, 0) is 75.8 Å². The fourth-order valence-corrected chi connectivity index (χ4v) is 6.59. The number of alkyl halides is 2. The molecule has 0 heterocycles. The highest BCUT2D eigenvalue weighted by Crippen LogP contribution is 2.46. The van der Waals surface area contributed by atoms with Crippen molar-refractivity contribution < 1.29 is 22.0 Å². The minimum absolute atomic E-state index is 0.00826. The first-order chi connectivity index (χ1) is 19.1. The van der Waals surface area contributed by atoms with Crippen LogP contribution in [0, 0.1) is 23.2 Å². The van der Waals surface area contributed by atoms with Gasteiger partial charge in [0, 0.05) is 18.1 Å². The van der Waals surface area contributed by atoms with Crippen LogP contribution in [0.25, 0.3) is 0 Å². The summed E-state index contributed by atoms with van der Waals surface area (Å²) in [6, 6.07) is 5.17. The van der Waals surface area contributed by atoms with E-state index in [1.54, 1.807) is 13.8 Å². The van der Waals surface area contributed by atoms with Crippen LogP contribution in [0.4, 0.5) is 8.78 Å². The van der Waals surface area contributed by atoms with Gasteiger partial charge in [0.1, 0.15) is 0 Å². The van der Waals surface area contributed by atoms with Crippen LogP contribution in [-0.2, 0) is 20.6 Å². The van der Waals surface area contributed by atoms with Gasteiger partial charge in [-0.15, -0.1) is 0 Å². The summed E-state index contributed by atoms with van der Waals surface area (Å²) in [5.74, 6) is -1.34. The normalized spacial score (nSPS) is 19.9. The molecule has 0 atom stereocenters. The molecular weight excluding hydrogens is 550 g/mol. The van der Waals surface area contributed by atoms with Crippen LogP contribution >= 0.6 is 0 Å². The molecule has 0 unspecified atom stereocenters. The van der Waals surface area contributed by atoms with Crippen molar-refractivity contribution >= 4 is 15.6 Å². The number of sulfone groups is 1. The van der Waals surface area contributed by atoms with Crippen molar-refractivity contribution in [3.05, 3.63) is 53.6 Å². The molecule has 0 amide bonds. The molecular formula is C36H60F2O3S. The number of halogens is 2. The molecule has 0 N–H and O–H groups in total. The fourth-order valence-electron chi connectivity index (χ4n) is 4.82. The fraction of sp³-hybridized carbons (Fsp3) is 0.694. The molecule has 2 saturated carbocycles. The number of ketones is 1. The molecule has 0 aromatic heterocycles. The van der Waals surface area contributed by atoms with E-state index in [2.05, 4.69) is 41.2 Å².